The van der Waals surface area contributed by atoms with E-state index in [9.17, 15) is 27.6 Å². The van der Waals surface area contributed by atoms with Gasteiger partial charge in [-0.1, -0.05) is 29.8 Å². The van der Waals surface area contributed by atoms with Crippen LogP contribution in [-0.4, -0.2) is 24.4 Å². The summed E-state index contributed by atoms with van der Waals surface area (Å²) in [5.74, 6) is -0.871. The Morgan fingerprint density at radius 1 is 0.892 bits per heavy atom. The molecule has 0 radical (unpaired) electrons. The predicted molar refractivity (Wildman–Crippen MR) is 132 cm³/mol. The second kappa shape index (κ2) is 12.3. The summed E-state index contributed by atoms with van der Waals surface area (Å²) in [5, 5.41) is 4.68. The lowest BCUT2D eigenvalue weighted by atomic mass is 10.2. The van der Waals surface area contributed by atoms with Crippen LogP contribution in [0.3, 0.4) is 0 Å². The van der Waals surface area contributed by atoms with Gasteiger partial charge in [0.15, 0.2) is 6.61 Å². The summed E-state index contributed by atoms with van der Waals surface area (Å²) in [6.07, 6.45) is -5.13. The molecule has 3 rings (SSSR count). The zero-order valence-electron chi connectivity index (χ0n) is 19.5. The number of anilines is 2. The zero-order valence-corrected chi connectivity index (χ0v) is 20.3. The van der Waals surface area contributed by atoms with Crippen molar-refractivity contribution in [2.45, 2.75) is 25.9 Å². The molecule has 0 aliphatic carbocycles. The molecule has 0 fully saturated rings. The number of carbonyl (C=O) groups excluding carboxylic acids is 3. The van der Waals surface area contributed by atoms with Crippen LogP contribution in [0.15, 0.2) is 66.7 Å². The van der Waals surface area contributed by atoms with Gasteiger partial charge in [-0.25, -0.2) is 0 Å². The summed E-state index contributed by atoms with van der Waals surface area (Å²) in [5.41, 5.74) is 0.201. The number of benzene rings is 3. The number of alkyl halides is 3. The molecule has 2 amide bonds. The van der Waals surface area contributed by atoms with Gasteiger partial charge in [0.1, 0.15) is 11.5 Å². The molecule has 0 aliphatic heterocycles. The third-order valence-electron chi connectivity index (χ3n) is 4.95. The first kappa shape index (κ1) is 27.5. The van der Waals surface area contributed by atoms with Crippen molar-refractivity contribution in [3.8, 4) is 11.5 Å². The SMILES string of the molecule is Cc1ccccc1Oc1ccc(NC(=O)CCC(=O)OCC(=O)Nc2cc(C(F)(F)F)ccc2Cl)cc1. The van der Waals surface area contributed by atoms with Crippen molar-refractivity contribution in [2.75, 3.05) is 17.2 Å². The molecule has 2 N–H and O–H groups in total. The monoisotopic (exact) mass is 534 g/mol. The molecular formula is C26H22ClF3N2O5. The number of ether oxygens (including phenoxy) is 2. The molecule has 0 aromatic heterocycles. The van der Waals surface area contributed by atoms with E-state index in [2.05, 4.69) is 10.6 Å². The molecule has 37 heavy (non-hydrogen) atoms. The highest BCUT2D eigenvalue weighted by atomic mass is 35.5. The van der Waals surface area contributed by atoms with Crippen LogP contribution in [0.25, 0.3) is 0 Å². The fraction of sp³-hybridized carbons (Fsp3) is 0.192. The summed E-state index contributed by atoms with van der Waals surface area (Å²) < 4.78 is 49.1. The number of para-hydroxylation sites is 1. The highest BCUT2D eigenvalue weighted by molar-refractivity contribution is 6.33. The minimum atomic E-state index is -4.62. The second-order valence-electron chi connectivity index (χ2n) is 7.84. The Morgan fingerprint density at radius 2 is 1.59 bits per heavy atom. The molecule has 3 aromatic rings. The van der Waals surface area contributed by atoms with Gasteiger partial charge < -0.3 is 20.1 Å². The van der Waals surface area contributed by atoms with E-state index in [1.165, 1.54) is 0 Å². The highest BCUT2D eigenvalue weighted by Crippen LogP contribution is 2.33. The fourth-order valence-corrected chi connectivity index (χ4v) is 3.21. The van der Waals surface area contributed by atoms with Crippen LogP contribution in [0, 0.1) is 6.92 Å². The van der Waals surface area contributed by atoms with Crippen molar-refractivity contribution in [1.29, 1.82) is 0 Å². The van der Waals surface area contributed by atoms with Crippen LogP contribution in [0.2, 0.25) is 5.02 Å². The van der Waals surface area contributed by atoms with E-state index in [-0.39, 0.29) is 23.6 Å². The van der Waals surface area contributed by atoms with Crippen molar-refractivity contribution >= 4 is 40.8 Å². The standard InChI is InChI=1S/C26H22ClF3N2O5/c1-16-4-2-3-5-22(16)37-19-9-7-18(8-10-19)31-23(33)12-13-25(35)36-15-24(34)32-21-14-17(26(28,29)30)6-11-20(21)27/h2-11,14H,12-13,15H2,1H3,(H,31,33)(H,32,34). The van der Waals surface area contributed by atoms with Gasteiger partial charge in [0.25, 0.3) is 5.91 Å². The summed E-state index contributed by atoms with van der Waals surface area (Å²) in [4.78, 5) is 36.0. The number of halogens is 4. The third kappa shape index (κ3) is 8.53. The number of rotatable bonds is 9. The molecule has 0 heterocycles. The number of nitrogens with one attached hydrogen (secondary N) is 2. The molecule has 0 saturated carbocycles. The third-order valence-corrected chi connectivity index (χ3v) is 5.28. The van der Waals surface area contributed by atoms with E-state index in [0.717, 1.165) is 17.7 Å². The van der Waals surface area contributed by atoms with Crippen molar-refractivity contribution in [1.82, 2.24) is 0 Å². The van der Waals surface area contributed by atoms with Crippen LogP contribution in [0.5, 0.6) is 11.5 Å². The lowest BCUT2D eigenvalue weighted by molar-refractivity contribution is -0.147. The molecule has 3 aromatic carbocycles. The number of amides is 2. The lowest BCUT2D eigenvalue weighted by Gasteiger charge is -2.12. The molecule has 0 aliphatic rings. The lowest BCUT2D eigenvalue weighted by Crippen LogP contribution is -2.22. The van der Waals surface area contributed by atoms with Crippen LogP contribution >= 0.6 is 11.6 Å². The largest absolute Gasteiger partial charge is 0.457 e. The van der Waals surface area contributed by atoms with Crippen LogP contribution < -0.4 is 15.4 Å². The Hall–Kier alpha value is -4.05. The first-order valence-corrected chi connectivity index (χ1v) is 11.3. The van der Waals surface area contributed by atoms with Crippen molar-refractivity contribution in [2.24, 2.45) is 0 Å². The van der Waals surface area contributed by atoms with Gasteiger partial charge in [-0.2, -0.15) is 13.2 Å². The predicted octanol–water partition coefficient (Wildman–Crippen LogP) is 6.36. The van der Waals surface area contributed by atoms with E-state index in [1.54, 1.807) is 24.3 Å². The van der Waals surface area contributed by atoms with Gasteiger partial charge >= 0.3 is 12.1 Å². The summed E-state index contributed by atoms with van der Waals surface area (Å²) in [6, 6.07) is 16.6. The Kier molecular flexibility index (Phi) is 9.13. The van der Waals surface area contributed by atoms with E-state index >= 15 is 0 Å². The van der Waals surface area contributed by atoms with E-state index in [4.69, 9.17) is 21.1 Å². The summed E-state index contributed by atoms with van der Waals surface area (Å²) in [7, 11) is 0. The van der Waals surface area contributed by atoms with Crippen LogP contribution in [-0.2, 0) is 25.3 Å². The molecular weight excluding hydrogens is 513 g/mol. The topological polar surface area (TPSA) is 93.7 Å². The quantitative estimate of drug-likeness (QED) is 0.312. The molecule has 194 valence electrons. The molecule has 0 spiro atoms. The fourth-order valence-electron chi connectivity index (χ4n) is 3.05. The number of hydrogen-bond acceptors (Lipinski definition) is 5. The Morgan fingerprint density at radius 3 is 2.27 bits per heavy atom. The van der Waals surface area contributed by atoms with E-state index < -0.39 is 36.1 Å². The first-order valence-electron chi connectivity index (χ1n) is 11.0. The Labute approximate surface area is 215 Å². The average molecular weight is 535 g/mol. The summed E-state index contributed by atoms with van der Waals surface area (Å²) in [6.45, 7) is 1.17. The van der Waals surface area contributed by atoms with Crippen LogP contribution in [0.4, 0.5) is 24.5 Å². The smallest absolute Gasteiger partial charge is 0.416 e. The average Bonchev–Trinajstić information content (AvgIpc) is 2.84. The van der Waals surface area contributed by atoms with Crippen molar-refractivity contribution in [3.05, 3.63) is 82.9 Å². The molecule has 0 bridgehead atoms. The summed E-state index contributed by atoms with van der Waals surface area (Å²) >= 11 is 5.81. The van der Waals surface area contributed by atoms with Gasteiger partial charge in [-0.3, -0.25) is 14.4 Å². The molecule has 11 heteroatoms. The van der Waals surface area contributed by atoms with Gasteiger partial charge in [0.05, 0.1) is 22.7 Å². The maximum Gasteiger partial charge on any atom is 0.416 e. The Balaban J connectivity index is 1.40. The maximum atomic E-state index is 12.8. The first-order chi connectivity index (χ1) is 17.5. The van der Waals surface area contributed by atoms with Gasteiger partial charge in [0.2, 0.25) is 5.91 Å². The normalized spacial score (nSPS) is 10.9. The van der Waals surface area contributed by atoms with Crippen LogP contribution in [0.1, 0.15) is 24.0 Å². The van der Waals surface area contributed by atoms with Crippen molar-refractivity contribution in [3.63, 3.8) is 0 Å². The molecule has 7 nitrogen and oxygen atoms in total. The zero-order chi connectivity index (χ0) is 27.0. The Bertz CT molecular complexity index is 1280. The molecule has 0 saturated heterocycles. The minimum absolute atomic E-state index is 0.112. The molecule has 0 atom stereocenters. The van der Waals surface area contributed by atoms with Crippen molar-refractivity contribution < 1.29 is 37.0 Å². The second-order valence-corrected chi connectivity index (χ2v) is 8.25. The minimum Gasteiger partial charge on any atom is -0.457 e. The van der Waals surface area contributed by atoms with Gasteiger partial charge in [-0.05, 0) is 61.0 Å². The number of carbonyl (C=O) groups is 3. The number of esters is 1. The van der Waals surface area contributed by atoms with E-state index in [1.807, 2.05) is 31.2 Å². The van der Waals surface area contributed by atoms with Gasteiger partial charge in [0, 0.05) is 12.1 Å². The number of aryl methyl sites for hydroxylation is 1. The number of hydrogen-bond donors (Lipinski definition) is 2. The van der Waals surface area contributed by atoms with Gasteiger partial charge in [-0.15, -0.1) is 0 Å². The van der Waals surface area contributed by atoms with E-state index in [0.29, 0.717) is 23.3 Å². The highest BCUT2D eigenvalue weighted by Gasteiger charge is 2.31. The molecule has 0 unspecified atom stereocenters. The maximum absolute atomic E-state index is 12.8.